The summed E-state index contributed by atoms with van der Waals surface area (Å²) in [6.07, 6.45) is 1.17. The van der Waals surface area contributed by atoms with Crippen molar-refractivity contribution in [1.29, 1.82) is 0 Å². The van der Waals surface area contributed by atoms with Crippen molar-refractivity contribution in [2.24, 2.45) is 0 Å². The average molecular weight is 222 g/mol. The Kier molecular flexibility index (Phi) is 2.88. The zero-order valence-corrected chi connectivity index (χ0v) is 9.66. The summed E-state index contributed by atoms with van der Waals surface area (Å²) >= 11 is 1.65. The zero-order valence-electron chi connectivity index (χ0n) is 8.84. The van der Waals surface area contributed by atoms with Crippen LogP contribution in [0.3, 0.4) is 0 Å². The van der Waals surface area contributed by atoms with Crippen LogP contribution < -0.4 is 0 Å². The highest BCUT2D eigenvalue weighted by molar-refractivity contribution is 7.10. The fourth-order valence-electron chi connectivity index (χ4n) is 1.68. The van der Waals surface area contributed by atoms with E-state index >= 15 is 0 Å². The van der Waals surface area contributed by atoms with Crippen molar-refractivity contribution in [2.75, 3.05) is 0 Å². The molecule has 1 atom stereocenters. The number of thiophene rings is 1. The van der Waals surface area contributed by atoms with Gasteiger partial charge in [-0.25, -0.2) is 0 Å². The monoisotopic (exact) mass is 222 g/mol. The molecule has 0 fully saturated rings. The molecule has 0 aliphatic carbocycles. The molecule has 0 spiro atoms. The van der Waals surface area contributed by atoms with Crippen LogP contribution in [0.5, 0.6) is 0 Å². The second kappa shape index (κ2) is 4.16. The van der Waals surface area contributed by atoms with Gasteiger partial charge in [0.05, 0.1) is 5.69 Å². The van der Waals surface area contributed by atoms with E-state index in [2.05, 4.69) is 5.10 Å². The van der Waals surface area contributed by atoms with Crippen molar-refractivity contribution in [1.82, 2.24) is 9.78 Å². The normalized spacial score (nSPS) is 13.0. The highest BCUT2D eigenvalue weighted by Crippen LogP contribution is 2.27. The second-order valence-electron chi connectivity index (χ2n) is 3.41. The number of aromatic nitrogens is 2. The van der Waals surface area contributed by atoms with E-state index in [4.69, 9.17) is 0 Å². The van der Waals surface area contributed by atoms with Crippen LogP contribution in [0.4, 0.5) is 0 Å². The number of aryl methyl sites for hydroxylation is 2. The summed E-state index contributed by atoms with van der Waals surface area (Å²) in [6, 6.07) is 3.84. The van der Waals surface area contributed by atoms with Crippen LogP contribution >= 0.6 is 11.3 Å². The molecule has 15 heavy (non-hydrogen) atoms. The first-order chi connectivity index (χ1) is 7.24. The third-order valence-corrected chi connectivity index (χ3v) is 3.38. The van der Waals surface area contributed by atoms with Crippen molar-refractivity contribution in [3.05, 3.63) is 39.8 Å². The van der Waals surface area contributed by atoms with Gasteiger partial charge in [0.2, 0.25) is 0 Å². The van der Waals surface area contributed by atoms with Gasteiger partial charge in [0.15, 0.2) is 0 Å². The number of rotatable bonds is 3. The third kappa shape index (κ3) is 1.82. The molecule has 2 heterocycles. The Bertz CT molecular complexity index is 447. The molecule has 1 unspecified atom stereocenters. The van der Waals surface area contributed by atoms with Crippen LogP contribution in [0.25, 0.3) is 0 Å². The fourth-order valence-corrected chi connectivity index (χ4v) is 2.41. The van der Waals surface area contributed by atoms with Crippen molar-refractivity contribution >= 4 is 11.3 Å². The van der Waals surface area contributed by atoms with Crippen LogP contribution in [0.15, 0.2) is 23.7 Å². The summed E-state index contributed by atoms with van der Waals surface area (Å²) in [6.45, 7) is 4.82. The average Bonchev–Trinajstić information content (AvgIpc) is 2.84. The van der Waals surface area contributed by atoms with Crippen LogP contribution in [-0.2, 0) is 6.54 Å². The predicted octanol–water partition coefficient (Wildman–Crippen LogP) is 2.35. The van der Waals surface area contributed by atoms with Gasteiger partial charge >= 0.3 is 0 Å². The van der Waals surface area contributed by atoms with Gasteiger partial charge in [0.1, 0.15) is 6.10 Å². The molecule has 0 aliphatic rings. The Hall–Kier alpha value is -1.13. The van der Waals surface area contributed by atoms with E-state index in [0.717, 1.165) is 22.7 Å². The van der Waals surface area contributed by atoms with E-state index < -0.39 is 6.10 Å². The smallest absolute Gasteiger partial charge is 0.122 e. The summed E-state index contributed by atoms with van der Waals surface area (Å²) < 4.78 is 1.82. The fraction of sp³-hybridized carbons (Fsp3) is 0.364. The van der Waals surface area contributed by atoms with Gasteiger partial charge in [-0.15, -0.1) is 11.3 Å². The lowest BCUT2D eigenvalue weighted by atomic mass is 10.1. The third-order valence-electron chi connectivity index (χ3n) is 2.52. The molecule has 0 amide bonds. The summed E-state index contributed by atoms with van der Waals surface area (Å²) in [5.41, 5.74) is 1.84. The molecule has 2 rings (SSSR count). The first-order valence-corrected chi connectivity index (χ1v) is 5.85. The minimum Gasteiger partial charge on any atom is -0.382 e. The Labute approximate surface area is 93.0 Å². The SMILES string of the molecule is CCn1nccc1C(O)c1ccsc1C. The standard InChI is InChI=1S/C11H14N2OS/c1-3-13-10(4-6-12-13)11(14)9-5-7-15-8(9)2/h4-7,11,14H,3H2,1-2H3. The molecule has 0 aliphatic heterocycles. The minimum absolute atomic E-state index is 0.557. The molecular formula is C11H14N2OS. The highest BCUT2D eigenvalue weighted by Gasteiger charge is 2.17. The quantitative estimate of drug-likeness (QED) is 0.865. The molecule has 0 aromatic carbocycles. The maximum absolute atomic E-state index is 10.2. The van der Waals surface area contributed by atoms with Gasteiger partial charge in [0, 0.05) is 23.2 Å². The molecule has 4 heteroatoms. The van der Waals surface area contributed by atoms with Gasteiger partial charge < -0.3 is 5.11 Å². The molecule has 0 saturated carbocycles. The summed E-state index contributed by atoms with van der Waals surface area (Å²) in [4.78, 5) is 1.16. The molecule has 2 aromatic rings. The molecule has 0 radical (unpaired) electrons. The van der Waals surface area contributed by atoms with Crippen molar-refractivity contribution in [3.8, 4) is 0 Å². The van der Waals surface area contributed by atoms with E-state index in [1.54, 1.807) is 17.5 Å². The topological polar surface area (TPSA) is 38.0 Å². The molecule has 80 valence electrons. The lowest BCUT2D eigenvalue weighted by molar-refractivity contribution is 0.208. The summed E-state index contributed by atoms with van der Waals surface area (Å²) in [5.74, 6) is 0. The number of aliphatic hydroxyl groups excluding tert-OH is 1. The molecule has 1 N–H and O–H groups in total. The van der Waals surface area contributed by atoms with Crippen LogP contribution in [0, 0.1) is 6.92 Å². The molecule has 2 aromatic heterocycles. The van der Waals surface area contributed by atoms with E-state index in [9.17, 15) is 5.11 Å². The largest absolute Gasteiger partial charge is 0.382 e. The first kappa shape index (κ1) is 10.4. The lowest BCUT2D eigenvalue weighted by Crippen LogP contribution is -2.09. The Morgan fingerprint density at radius 2 is 2.33 bits per heavy atom. The second-order valence-corrected chi connectivity index (χ2v) is 4.53. The van der Waals surface area contributed by atoms with Crippen molar-refractivity contribution in [2.45, 2.75) is 26.5 Å². The lowest BCUT2D eigenvalue weighted by Gasteiger charge is -2.12. The van der Waals surface area contributed by atoms with Gasteiger partial charge in [0.25, 0.3) is 0 Å². The van der Waals surface area contributed by atoms with Gasteiger partial charge in [-0.2, -0.15) is 5.10 Å². The van der Waals surface area contributed by atoms with E-state index in [-0.39, 0.29) is 0 Å². The zero-order chi connectivity index (χ0) is 10.8. The molecular weight excluding hydrogens is 208 g/mol. The predicted molar refractivity (Wildman–Crippen MR) is 61.0 cm³/mol. The van der Waals surface area contributed by atoms with Crippen LogP contribution in [0.1, 0.15) is 29.2 Å². The Balaban J connectivity index is 2.36. The maximum atomic E-state index is 10.2. The molecule has 0 saturated heterocycles. The number of hydrogen-bond donors (Lipinski definition) is 1. The van der Waals surface area contributed by atoms with E-state index in [1.807, 2.05) is 36.0 Å². The number of nitrogens with zero attached hydrogens (tertiary/aromatic N) is 2. The minimum atomic E-state index is -0.557. The molecule has 0 bridgehead atoms. The summed E-state index contributed by atoms with van der Waals surface area (Å²) in [5, 5.41) is 16.4. The summed E-state index contributed by atoms with van der Waals surface area (Å²) in [7, 11) is 0. The van der Waals surface area contributed by atoms with E-state index in [0.29, 0.717) is 0 Å². The van der Waals surface area contributed by atoms with Crippen LogP contribution in [-0.4, -0.2) is 14.9 Å². The van der Waals surface area contributed by atoms with E-state index in [1.165, 1.54) is 0 Å². The van der Waals surface area contributed by atoms with Crippen LogP contribution in [0.2, 0.25) is 0 Å². The van der Waals surface area contributed by atoms with Crippen molar-refractivity contribution in [3.63, 3.8) is 0 Å². The first-order valence-electron chi connectivity index (χ1n) is 4.97. The Morgan fingerprint density at radius 1 is 1.53 bits per heavy atom. The van der Waals surface area contributed by atoms with Gasteiger partial charge in [-0.05, 0) is 31.4 Å². The Morgan fingerprint density at radius 3 is 2.93 bits per heavy atom. The number of hydrogen-bond acceptors (Lipinski definition) is 3. The van der Waals surface area contributed by atoms with Crippen molar-refractivity contribution < 1.29 is 5.11 Å². The van der Waals surface area contributed by atoms with Gasteiger partial charge in [-0.1, -0.05) is 0 Å². The highest BCUT2D eigenvalue weighted by atomic mass is 32.1. The molecule has 3 nitrogen and oxygen atoms in total. The number of aliphatic hydroxyl groups is 1. The maximum Gasteiger partial charge on any atom is 0.122 e. The van der Waals surface area contributed by atoms with Gasteiger partial charge in [-0.3, -0.25) is 4.68 Å².